The van der Waals surface area contributed by atoms with Crippen LogP contribution in [0.5, 0.6) is 0 Å². The molecule has 4 rings (SSSR count). The second kappa shape index (κ2) is 9.09. The Morgan fingerprint density at radius 2 is 1.73 bits per heavy atom. The quantitative estimate of drug-likeness (QED) is 0.649. The molecule has 30 heavy (non-hydrogen) atoms. The summed E-state index contributed by atoms with van der Waals surface area (Å²) in [6.07, 6.45) is 4.00. The molecule has 0 saturated carbocycles. The molecule has 7 nitrogen and oxygen atoms in total. The molecule has 1 aliphatic heterocycles. The number of rotatable bonds is 6. The Balaban J connectivity index is 1.59. The Labute approximate surface area is 177 Å². The van der Waals surface area contributed by atoms with Crippen LogP contribution >= 0.6 is 0 Å². The van der Waals surface area contributed by atoms with Gasteiger partial charge in [0.15, 0.2) is 11.6 Å². The summed E-state index contributed by atoms with van der Waals surface area (Å²) in [6.45, 7) is 10.5. The second-order valence-electron chi connectivity index (χ2n) is 7.89. The minimum atomic E-state index is 0.571. The lowest BCUT2D eigenvalue weighted by Crippen LogP contribution is -2.49. The van der Waals surface area contributed by atoms with Gasteiger partial charge in [0.05, 0.1) is 0 Å². The molecule has 156 valence electrons. The van der Waals surface area contributed by atoms with Gasteiger partial charge in [0, 0.05) is 50.0 Å². The highest BCUT2D eigenvalue weighted by atomic mass is 15.3. The standard InChI is InChI=1S/C23H29N7/c1-17(2)29-11-13-30(14-12-29)23-16-21(25-22-15-18(3)27-28-22)24-20(26-23)10-9-19-7-5-4-6-8-19/h4-10,15-17H,11-14H2,1-3H3,(H2,24,25,26,27,28)/b10-9+. The number of anilines is 3. The first-order valence-corrected chi connectivity index (χ1v) is 10.5. The lowest BCUT2D eigenvalue weighted by molar-refractivity contribution is 0.209. The smallest absolute Gasteiger partial charge is 0.156 e. The predicted octanol–water partition coefficient (Wildman–Crippen LogP) is 3.95. The number of H-pyrrole nitrogens is 1. The largest absolute Gasteiger partial charge is 0.354 e. The van der Waals surface area contributed by atoms with Crippen molar-refractivity contribution >= 4 is 29.6 Å². The van der Waals surface area contributed by atoms with E-state index in [1.807, 2.05) is 49.4 Å². The molecular weight excluding hydrogens is 374 g/mol. The Morgan fingerprint density at radius 3 is 2.40 bits per heavy atom. The van der Waals surface area contributed by atoms with Gasteiger partial charge in [0.25, 0.3) is 0 Å². The van der Waals surface area contributed by atoms with Gasteiger partial charge in [-0.05, 0) is 32.4 Å². The number of hydrogen-bond donors (Lipinski definition) is 2. The van der Waals surface area contributed by atoms with Crippen molar-refractivity contribution in [3.05, 3.63) is 59.5 Å². The van der Waals surface area contributed by atoms with Crippen LogP contribution < -0.4 is 10.2 Å². The predicted molar refractivity (Wildman–Crippen MR) is 123 cm³/mol. The number of hydrogen-bond acceptors (Lipinski definition) is 6. The highest BCUT2D eigenvalue weighted by molar-refractivity contribution is 5.69. The van der Waals surface area contributed by atoms with E-state index < -0.39 is 0 Å². The summed E-state index contributed by atoms with van der Waals surface area (Å²) in [6, 6.07) is 14.7. The molecule has 0 unspecified atom stereocenters. The molecule has 3 aromatic rings. The number of piperazine rings is 1. The van der Waals surface area contributed by atoms with Crippen LogP contribution in [0.2, 0.25) is 0 Å². The monoisotopic (exact) mass is 403 g/mol. The lowest BCUT2D eigenvalue weighted by atomic mass is 10.2. The fourth-order valence-electron chi connectivity index (χ4n) is 3.57. The first-order valence-electron chi connectivity index (χ1n) is 10.5. The van der Waals surface area contributed by atoms with Crippen molar-refractivity contribution in [3.63, 3.8) is 0 Å². The van der Waals surface area contributed by atoms with E-state index in [9.17, 15) is 0 Å². The minimum Gasteiger partial charge on any atom is -0.354 e. The Bertz CT molecular complexity index is 986. The number of nitrogens with zero attached hydrogens (tertiary/aromatic N) is 5. The molecule has 1 aliphatic rings. The summed E-state index contributed by atoms with van der Waals surface area (Å²) < 4.78 is 0. The highest BCUT2D eigenvalue weighted by Crippen LogP contribution is 2.22. The third-order valence-corrected chi connectivity index (χ3v) is 5.28. The highest BCUT2D eigenvalue weighted by Gasteiger charge is 2.20. The van der Waals surface area contributed by atoms with Gasteiger partial charge in [-0.3, -0.25) is 10.00 Å². The van der Waals surface area contributed by atoms with Gasteiger partial charge < -0.3 is 10.2 Å². The van der Waals surface area contributed by atoms with Crippen LogP contribution in [0, 0.1) is 6.92 Å². The van der Waals surface area contributed by atoms with Gasteiger partial charge >= 0.3 is 0 Å². The maximum Gasteiger partial charge on any atom is 0.156 e. The van der Waals surface area contributed by atoms with Crippen molar-refractivity contribution < 1.29 is 0 Å². The molecule has 3 heterocycles. The van der Waals surface area contributed by atoms with E-state index >= 15 is 0 Å². The van der Waals surface area contributed by atoms with Gasteiger partial charge in [0.1, 0.15) is 11.6 Å². The average molecular weight is 404 g/mol. The van der Waals surface area contributed by atoms with E-state index in [0.717, 1.165) is 54.9 Å². The van der Waals surface area contributed by atoms with E-state index in [-0.39, 0.29) is 0 Å². The zero-order valence-electron chi connectivity index (χ0n) is 17.8. The SMILES string of the molecule is Cc1cc(Nc2cc(N3CCN(C(C)C)CC3)nc(/C=C/c3ccccc3)n2)n[nH]1. The molecule has 0 radical (unpaired) electrons. The van der Waals surface area contributed by atoms with E-state index in [1.54, 1.807) is 0 Å². The van der Waals surface area contributed by atoms with Crippen LogP contribution in [-0.4, -0.2) is 57.3 Å². The maximum absolute atomic E-state index is 4.83. The van der Waals surface area contributed by atoms with Gasteiger partial charge in [-0.15, -0.1) is 0 Å². The summed E-state index contributed by atoms with van der Waals surface area (Å²) in [5, 5.41) is 10.5. The molecule has 1 saturated heterocycles. The molecule has 2 aromatic heterocycles. The van der Waals surface area contributed by atoms with E-state index in [4.69, 9.17) is 9.97 Å². The molecule has 0 aliphatic carbocycles. The van der Waals surface area contributed by atoms with E-state index in [0.29, 0.717) is 11.9 Å². The van der Waals surface area contributed by atoms with Crippen molar-refractivity contribution in [1.82, 2.24) is 25.1 Å². The molecule has 7 heteroatoms. The molecule has 1 fully saturated rings. The summed E-state index contributed by atoms with van der Waals surface area (Å²) in [4.78, 5) is 14.4. The van der Waals surface area contributed by atoms with Crippen LogP contribution in [-0.2, 0) is 0 Å². The number of nitrogens with one attached hydrogen (secondary N) is 2. The minimum absolute atomic E-state index is 0.571. The fraction of sp³-hybridized carbons (Fsp3) is 0.348. The Kier molecular flexibility index (Phi) is 6.09. The van der Waals surface area contributed by atoms with Gasteiger partial charge in [-0.2, -0.15) is 5.10 Å². The maximum atomic E-state index is 4.83. The topological polar surface area (TPSA) is 73.0 Å². The zero-order chi connectivity index (χ0) is 20.9. The number of aromatic amines is 1. The summed E-state index contributed by atoms with van der Waals surface area (Å²) >= 11 is 0. The normalized spacial score (nSPS) is 15.3. The first-order chi connectivity index (χ1) is 14.6. The first kappa shape index (κ1) is 20.1. The van der Waals surface area contributed by atoms with Crippen molar-refractivity contribution in [1.29, 1.82) is 0 Å². The lowest BCUT2D eigenvalue weighted by Gasteiger charge is -2.37. The van der Waals surface area contributed by atoms with Gasteiger partial charge in [-0.25, -0.2) is 9.97 Å². The average Bonchev–Trinajstić information content (AvgIpc) is 3.17. The molecule has 0 bridgehead atoms. The number of benzene rings is 1. The zero-order valence-corrected chi connectivity index (χ0v) is 17.8. The van der Waals surface area contributed by atoms with Crippen molar-refractivity contribution in [2.24, 2.45) is 0 Å². The molecule has 1 aromatic carbocycles. The van der Waals surface area contributed by atoms with Gasteiger partial charge in [-0.1, -0.05) is 36.4 Å². The Morgan fingerprint density at radius 1 is 0.967 bits per heavy atom. The van der Waals surface area contributed by atoms with Gasteiger partial charge in [0.2, 0.25) is 0 Å². The van der Waals surface area contributed by atoms with Crippen LogP contribution in [0.1, 0.15) is 30.9 Å². The summed E-state index contributed by atoms with van der Waals surface area (Å²) in [5.74, 6) is 3.11. The molecule has 0 spiro atoms. The molecule has 2 N–H and O–H groups in total. The van der Waals surface area contributed by atoms with Crippen molar-refractivity contribution in [3.8, 4) is 0 Å². The molecule has 0 atom stereocenters. The number of aromatic nitrogens is 4. The van der Waals surface area contributed by atoms with E-state index in [2.05, 4.69) is 51.3 Å². The van der Waals surface area contributed by atoms with Crippen LogP contribution in [0.15, 0.2) is 42.5 Å². The van der Waals surface area contributed by atoms with Crippen molar-refractivity contribution in [2.75, 3.05) is 36.4 Å². The number of aryl methyl sites for hydroxylation is 1. The molecule has 0 amide bonds. The van der Waals surface area contributed by atoms with Crippen LogP contribution in [0.25, 0.3) is 12.2 Å². The van der Waals surface area contributed by atoms with Crippen molar-refractivity contribution in [2.45, 2.75) is 26.8 Å². The summed E-state index contributed by atoms with van der Waals surface area (Å²) in [7, 11) is 0. The second-order valence-corrected chi connectivity index (χ2v) is 7.89. The van der Waals surface area contributed by atoms with Crippen LogP contribution in [0.3, 0.4) is 0 Å². The fourth-order valence-corrected chi connectivity index (χ4v) is 3.57. The van der Waals surface area contributed by atoms with Crippen LogP contribution in [0.4, 0.5) is 17.5 Å². The third kappa shape index (κ3) is 5.04. The Hall–Kier alpha value is -3.19. The third-order valence-electron chi connectivity index (χ3n) is 5.28. The molecular formula is C23H29N7. The summed E-state index contributed by atoms with van der Waals surface area (Å²) in [5.41, 5.74) is 2.12. The van der Waals surface area contributed by atoms with E-state index in [1.165, 1.54) is 0 Å².